The first-order valence-corrected chi connectivity index (χ1v) is 3.43. The molecule has 0 saturated heterocycles. The fraction of sp³-hybridized carbons (Fsp3) is 1.00. The molecule has 0 radical (unpaired) electrons. The zero-order valence-electron chi connectivity index (χ0n) is 5.36. The van der Waals surface area contributed by atoms with E-state index in [1.165, 1.54) is 6.42 Å². The van der Waals surface area contributed by atoms with E-state index in [1.807, 2.05) is 0 Å². The summed E-state index contributed by atoms with van der Waals surface area (Å²) in [4.78, 5) is 0. The molecule has 0 bridgehead atoms. The van der Waals surface area contributed by atoms with Gasteiger partial charge in [-0.1, -0.05) is 19.8 Å². The minimum absolute atomic E-state index is 0.487. The van der Waals surface area contributed by atoms with Crippen molar-refractivity contribution in [3.8, 4) is 0 Å². The van der Waals surface area contributed by atoms with Crippen LogP contribution in [0.1, 0.15) is 32.6 Å². The van der Waals surface area contributed by atoms with Crippen molar-refractivity contribution < 1.29 is 4.39 Å². The zero-order chi connectivity index (χ0) is 5.98. The third-order valence-electron chi connectivity index (χ3n) is 1.87. The minimum atomic E-state index is -0.487. The lowest BCUT2D eigenvalue weighted by molar-refractivity contribution is 0.208. The summed E-state index contributed by atoms with van der Waals surface area (Å²) in [7, 11) is 0. The van der Waals surface area contributed by atoms with Crippen molar-refractivity contribution in [3.63, 3.8) is 0 Å². The van der Waals surface area contributed by atoms with E-state index in [2.05, 4.69) is 6.92 Å². The van der Waals surface area contributed by atoms with Gasteiger partial charge in [0.25, 0.3) is 0 Å². The Balaban J connectivity index is 2.23. The Bertz CT molecular complexity index is 62.8. The molecule has 0 spiro atoms. The number of hydrogen-bond donors (Lipinski definition) is 0. The second-order valence-electron chi connectivity index (χ2n) is 2.87. The number of halogens is 1. The first-order valence-electron chi connectivity index (χ1n) is 3.43. The first-order chi connectivity index (χ1) is 3.79. The fourth-order valence-electron chi connectivity index (χ4n) is 1.36. The van der Waals surface area contributed by atoms with Gasteiger partial charge >= 0.3 is 0 Å². The lowest BCUT2D eigenvalue weighted by Crippen LogP contribution is -2.12. The number of rotatable bonds is 0. The van der Waals surface area contributed by atoms with E-state index < -0.39 is 6.17 Å². The van der Waals surface area contributed by atoms with Crippen molar-refractivity contribution in [2.45, 2.75) is 38.8 Å². The van der Waals surface area contributed by atoms with Gasteiger partial charge in [0.1, 0.15) is 6.17 Å². The van der Waals surface area contributed by atoms with Crippen molar-refractivity contribution in [2.24, 2.45) is 5.92 Å². The summed E-state index contributed by atoms with van der Waals surface area (Å²) in [6.07, 6.45) is 3.46. The summed E-state index contributed by atoms with van der Waals surface area (Å²) in [6, 6.07) is 0. The molecule has 1 aliphatic rings. The molecule has 0 amide bonds. The summed E-state index contributed by atoms with van der Waals surface area (Å²) < 4.78 is 12.4. The molecule has 0 aromatic heterocycles. The quantitative estimate of drug-likeness (QED) is 0.456. The van der Waals surface area contributed by atoms with Gasteiger partial charge in [0, 0.05) is 0 Å². The van der Waals surface area contributed by atoms with Gasteiger partial charge in [0.15, 0.2) is 0 Å². The third kappa shape index (κ3) is 1.46. The highest BCUT2D eigenvalue weighted by Gasteiger charge is 2.16. The summed E-state index contributed by atoms with van der Waals surface area (Å²) in [5, 5.41) is 0. The topological polar surface area (TPSA) is 0 Å². The molecule has 1 rings (SSSR count). The maximum atomic E-state index is 12.4. The SMILES string of the molecule is CC1CCC[C@@H](F)C1. The summed E-state index contributed by atoms with van der Waals surface area (Å²) in [5.74, 6) is 0.638. The third-order valence-corrected chi connectivity index (χ3v) is 1.87. The van der Waals surface area contributed by atoms with Crippen LogP contribution in [-0.2, 0) is 0 Å². The van der Waals surface area contributed by atoms with E-state index in [9.17, 15) is 4.39 Å². The predicted octanol–water partition coefficient (Wildman–Crippen LogP) is 2.53. The van der Waals surface area contributed by atoms with Gasteiger partial charge in [-0.05, 0) is 18.8 Å². The molecule has 0 N–H and O–H groups in total. The van der Waals surface area contributed by atoms with Crippen molar-refractivity contribution in [2.75, 3.05) is 0 Å². The molecule has 48 valence electrons. The molecule has 0 aliphatic heterocycles. The standard InChI is InChI=1S/C7H13F/c1-6-3-2-4-7(8)5-6/h6-7H,2-5H2,1H3/t6?,7-/m1/s1. The van der Waals surface area contributed by atoms with Gasteiger partial charge in [0.05, 0.1) is 0 Å². The highest BCUT2D eigenvalue weighted by molar-refractivity contribution is 4.68. The number of alkyl halides is 1. The van der Waals surface area contributed by atoms with Crippen LogP contribution in [0, 0.1) is 5.92 Å². The molecular formula is C7H13F. The van der Waals surface area contributed by atoms with Crippen LogP contribution >= 0.6 is 0 Å². The lowest BCUT2D eigenvalue weighted by atomic mass is 9.90. The van der Waals surface area contributed by atoms with E-state index in [-0.39, 0.29) is 0 Å². The summed E-state index contributed by atoms with van der Waals surface area (Å²) >= 11 is 0. The molecule has 8 heavy (non-hydrogen) atoms. The van der Waals surface area contributed by atoms with E-state index in [4.69, 9.17) is 0 Å². The van der Waals surface area contributed by atoms with Gasteiger partial charge in [-0.3, -0.25) is 0 Å². The van der Waals surface area contributed by atoms with E-state index in [1.54, 1.807) is 0 Å². The van der Waals surface area contributed by atoms with Gasteiger partial charge in [-0.15, -0.1) is 0 Å². The number of hydrogen-bond acceptors (Lipinski definition) is 0. The molecule has 1 saturated carbocycles. The molecule has 0 aromatic carbocycles. The molecule has 1 fully saturated rings. The van der Waals surface area contributed by atoms with Crippen LogP contribution in [0.15, 0.2) is 0 Å². The lowest BCUT2D eigenvalue weighted by Gasteiger charge is -2.20. The van der Waals surface area contributed by atoms with Crippen LogP contribution in [0.25, 0.3) is 0 Å². The predicted molar refractivity (Wildman–Crippen MR) is 32.5 cm³/mol. The van der Waals surface area contributed by atoms with Crippen molar-refractivity contribution in [3.05, 3.63) is 0 Å². The summed E-state index contributed by atoms with van der Waals surface area (Å²) in [5.41, 5.74) is 0. The van der Waals surface area contributed by atoms with E-state index >= 15 is 0 Å². The molecule has 2 atom stereocenters. The molecule has 0 heterocycles. The summed E-state index contributed by atoms with van der Waals surface area (Å²) in [6.45, 7) is 2.13. The largest absolute Gasteiger partial charge is 0.247 e. The maximum Gasteiger partial charge on any atom is 0.100 e. The monoisotopic (exact) mass is 116 g/mol. The van der Waals surface area contributed by atoms with Crippen molar-refractivity contribution in [1.82, 2.24) is 0 Å². The van der Waals surface area contributed by atoms with Crippen LogP contribution in [0.3, 0.4) is 0 Å². The van der Waals surface area contributed by atoms with Crippen LogP contribution in [0.4, 0.5) is 4.39 Å². The normalized spacial score (nSPS) is 39.8. The Labute approximate surface area is 50.1 Å². The van der Waals surface area contributed by atoms with Gasteiger partial charge in [-0.2, -0.15) is 0 Å². The van der Waals surface area contributed by atoms with Crippen LogP contribution in [-0.4, -0.2) is 6.17 Å². The zero-order valence-corrected chi connectivity index (χ0v) is 5.36. The molecule has 0 aromatic rings. The molecule has 1 aliphatic carbocycles. The fourth-order valence-corrected chi connectivity index (χ4v) is 1.36. The Morgan fingerprint density at radius 2 is 2.12 bits per heavy atom. The average Bonchev–Trinajstić information content (AvgIpc) is 1.64. The van der Waals surface area contributed by atoms with Crippen LogP contribution < -0.4 is 0 Å². The second-order valence-corrected chi connectivity index (χ2v) is 2.87. The molecule has 0 nitrogen and oxygen atoms in total. The van der Waals surface area contributed by atoms with Crippen LogP contribution in [0.5, 0.6) is 0 Å². The minimum Gasteiger partial charge on any atom is -0.247 e. The highest BCUT2D eigenvalue weighted by atomic mass is 19.1. The van der Waals surface area contributed by atoms with E-state index in [0.717, 1.165) is 19.3 Å². The van der Waals surface area contributed by atoms with Crippen molar-refractivity contribution >= 4 is 0 Å². The first kappa shape index (κ1) is 6.06. The smallest absolute Gasteiger partial charge is 0.100 e. The molecule has 1 unspecified atom stereocenters. The van der Waals surface area contributed by atoms with Gasteiger partial charge in [-0.25, -0.2) is 4.39 Å². The maximum absolute atomic E-state index is 12.4. The van der Waals surface area contributed by atoms with Gasteiger partial charge < -0.3 is 0 Å². The van der Waals surface area contributed by atoms with Gasteiger partial charge in [0.2, 0.25) is 0 Å². The Morgan fingerprint density at radius 1 is 1.38 bits per heavy atom. The average molecular weight is 116 g/mol. The molecular weight excluding hydrogens is 103 g/mol. The molecule has 1 heteroatoms. The second kappa shape index (κ2) is 2.47. The van der Waals surface area contributed by atoms with Crippen molar-refractivity contribution in [1.29, 1.82) is 0 Å². The Kier molecular flexibility index (Phi) is 1.87. The Morgan fingerprint density at radius 3 is 2.50 bits per heavy atom. The van der Waals surface area contributed by atoms with Crippen LogP contribution in [0.2, 0.25) is 0 Å². The Hall–Kier alpha value is -0.0700. The highest BCUT2D eigenvalue weighted by Crippen LogP contribution is 2.25. The van der Waals surface area contributed by atoms with E-state index in [0.29, 0.717) is 5.92 Å².